The van der Waals surface area contributed by atoms with Gasteiger partial charge in [0.2, 0.25) is 0 Å². The minimum Gasteiger partial charge on any atom is -0.378 e. The Morgan fingerprint density at radius 2 is 1.67 bits per heavy atom. The topological polar surface area (TPSA) is 40.2 Å². The lowest BCUT2D eigenvalue weighted by Gasteiger charge is -2.33. The van der Waals surface area contributed by atoms with Gasteiger partial charge in [-0.2, -0.15) is 0 Å². The Kier molecular flexibility index (Phi) is 4.89. The second kappa shape index (κ2) is 6.53. The van der Waals surface area contributed by atoms with Gasteiger partial charge in [0, 0.05) is 6.61 Å². The van der Waals surface area contributed by atoms with E-state index in [4.69, 9.17) is 18.9 Å². The van der Waals surface area contributed by atoms with Gasteiger partial charge in [-0.25, -0.2) is 0 Å². The maximum absolute atomic E-state index is 6.04. The maximum Gasteiger partial charge on any atom is 0.162 e. The molecule has 2 aliphatic heterocycles. The van der Waals surface area contributed by atoms with Crippen molar-refractivity contribution in [2.75, 3.05) is 19.8 Å². The van der Waals surface area contributed by atoms with Gasteiger partial charge in [-0.05, 0) is 64.7 Å². The van der Waals surface area contributed by atoms with E-state index in [-0.39, 0.29) is 0 Å². The van der Waals surface area contributed by atoms with Gasteiger partial charge in [0.25, 0.3) is 0 Å². The third-order valence-electron chi connectivity index (χ3n) is 5.04. The second-order valence-corrected chi connectivity index (χ2v) is 7.49. The molecule has 5 atom stereocenters. The summed E-state index contributed by atoms with van der Waals surface area (Å²) in [4.78, 5) is 0. The lowest BCUT2D eigenvalue weighted by atomic mass is 9.90. The minimum atomic E-state index is -0.483. The number of epoxide rings is 1. The van der Waals surface area contributed by atoms with Crippen molar-refractivity contribution < 1.29 is 18.9 Å². The third-order valence-corrected chi connectivity index (χ3v) is 5.04. The zero-order valence-electron chi connectivity index (χ0n) is 13.7. The fourth-order valence-corrected chi connectivity index (χ4v) is 3.56. The molecule has 1 aliphatic carbocycles. The van der Waals surface area contributed by atoms with Crippen LogP contribution in [0.2, 0.25) is 0 Å². The van der Waals surface area contributed by atoms with Crippen LogP contribution in [0.4, 0.5) is 0 Å². The molecule has 5 unspecified atom stereocenters. The first-order valence-electron chi connectivity index (χ1n) is 8.57. The molecular weight excluding hydrogens is 268 g/mol. The van der Waals surface area contributed by atoms with E-state index in [1.807, 2.05) is 13.8 Å². The normalized spacial score (nSPS) is 39.9. The van der Waals surface area contributed by atoms with Crippen LogP contribution in [-0.2, 0) is 18.9 Å². The number of ether oxygens (including phenoxy) is 4. The molecule has 1 saturated carbocycles. The van der Waals surface area contributed by atoms with E-state index in [1.165, 1.54) is 12.8 Å². The molecule has 0 radical (unpaired) electrons. The predicted molar refractivity (Wildman–Crippen MR) is 80.1 cm³/mol. The van der Waals surface area contributed by atoms with Crippen molar-refractivity contribution in [3.8, 4) is 0 Å². The Bertz CT molecular complexity index is 332. The standard InChI is InChI=1S/C17H30O4/c1-12-8-14(6-7-18-12)11-20-17(2,3)19-10-13-4-5-15-16(9-13)21-15/h12-16H,4-11H2,1-3H3. The van der Waals surface area contributed by atoms with Crippen LogP contribution in [0.3, 0.4) is 0 Å². The first-order chi connectivity index (χ1) is 10.0. The SMILES string of the molecule is CC1CC(COC(C)(C)OCC2CCC3OC3C2)CCO1. The Hall–Kier alpha value is -0.160. The molecule has 2 saturated heterocycles. The molecule has 0 spiro atoms. The Morgan fingerprint density at radius 1 is 0.952 bits per heavy atom. The molecule has 0 bridgehead atoms. The summed E-state index contributed by atoms with van der Waals surface area (Å²) in [6, 6.07) is 0. The van der Waals surface area contributed by atoms with Crippen molar-refractivity contribution in [2.45, 2.75) is 77.0 Å². The summed E-state index contributed by atoms with van der Waals surface area (Å²) < 4.78 is 23.2. The van der Waals surface area contributed by atoms with E-state index >= 15 is 0 Å². The van der Waals surface area contributed by atoms with E-state index < -0.39 is 5.79 Å². The number of rotatable bonds is 6. The Balaban J connectivity index is 1.35. The Morgan fingerprint density at radius 3 is 2.33 bits per heavy atom. The summed E-state index contributed by atoms with van der Waals surface area (Å²) in [5, 5.41) is 0. The van der Waals surface area contributed by atoms with E-state index in [0.717, 1.165) is 39.1 Å². The molecule has 0 aromatic carbocycles. The Labute approximate surface area is 128 Å². The molecule has 3 rings (SSSR count). The van der Waals surface area contributed by atoms with Crippen LogP contribution in [0.25, 0.3) is 0 Å². The van der Waals surface area contributed by atoms with Crippen LogP contribution in [0.15, 0.2) is 0 Å². The molecule has 0 aromatic heterocycles. The summed E-state index contributed by atoms with van der Waals surface area (Å²) in [5.74, 6) is 0.759. The number of fused-ring (bicyclic) bond motifs is 1. The second-order valence-electron chi connectivity index (χ2n) is 7.49. The average Bonchev–Trinajstić information content (AvgIpc) is 3.22. The zero-order chi connectivity index (χ0) is 14.9. The van der Waals surface area contributed by atoms with Crippen LogP contribution in [0.5, 0.6) is 0 Å². The molecule has 4 nitrogen and oxygen atoms in total. The monoisotopic (exact) mass is 298 g/mol. The lowest BCUT2D eigenvalue weighted by molar-refractivity contribution is -0.229. The molecule has 122 valence electrons. The van der Waals surface area contributed by atoms with Gasteiger partial charge in [-0.1, -0.05) is 0 Å². The quantitative estimate of drug-likeness (QED) is 0.558. The van der Waals surface area contributed by atoms with Crippen molar-refractivity contribution >= 4 is 0 Å². The van der Waals surface area contributed by atoms with Crippen LogP contribution in [0, 0.1) is 11.8 Å². The van der Waals surface area contributed by atoms with E-state index in [2.05, 4.69) is 6.92 Å². The average molecular weight is 298 g/mol. The zero-order valence-corrected chi connectivity index (χ0v) is 13.7. The van der Waals surface area contributed by atoms with Crippen molar-refractivity contribution in [3.63, 3.8) is 0 Å². The highest BCUT2D eigenvalue weighted by Gasteiger charge is 2.44. The largest absolute Gasteiger partial charge is 0.378 e. The van der Waals surface area contributed by atoms with Gasteiger partial charge in [0.1, 0.15) is 0 Å². The van der Waals surface area contributed by atoms with Crippen molar-refractivity contribution in [3.05, 3.63) is 0 Å². The fourth-order valence-electron chi connectivity index (χ4n) is 3.56. The molecular formula is C17H30O4. The highest BCUT2D eigenvalue weighted by Crippen LogP contribution is 2.39. The van der Waals surface area contributed by atoms with Crippen LogP contribution in [-0.4, -0.2) is 43.9 Å². The van der Waals surface area contributed by atoms with Crippen molar-refractivity contribution in [1.82, 2.24) is 0 Å². The van der Waals surface area contributed by atoms with E-state index in [9.17, 15) is 0 Å². The van der Waals surface area contributed by atoms with Crippen molar-refractivity contribution in [2.24, 2.45) is 11.8 Å². The smallest absolute Gasteiger partial charge is 0.162 e. The van der Waals surface area contributed by atoms with Gasteiger partial charge in [-0.3, -0.25) is 0 Å². The molecule has 3 aliphatic rings. The predicted octanol–water partition coefficient (Wildman–Crippen LogP) is 3.14. The first-order valence-corrected chi connectivity index (χ1v) is 8.57. The van der Waals surface area contributed by atoms with E-state index in [1.54, 1.807) is 0 Å². The summed E-state index contributed by atoms with van der Waals surface area (Å²) >= 11 is 0. The summed E-state index contributed by atoms with van der Waals surface area (Å²) in [5.41, 5.74) is 0. The number of hydrogen-bond donors (Lipinski definition) is 0. The van der Waals surface area contributed by atoms with Gasteiger partial charge in [0.15, 0.2) is 5.79 Å². The summed E-state index contributed by atoms with van der Waals surface area (Å²) in [6.45, 7) is 8.65. The molecule has 0 amide bonds. The molecule has 21 heavy (non-hydrogen) atoms. The molecule has 0 aromatic rings. The van der Waals surface area contributed by atoms with Crippen LogP contribution in [0.1, 0.15) is 52.9 Å². The fraction of sp³-hybridized carbons (Fsp3) is 1.00. The van der Waals surface area contributed by atoms with Crippen molar-refractivity contribution in [1.29, 1.82) is 0 Å². The highest BCUT2D eigenvalue weighted by molar-refractivity contribution is 4.91. The van der Waals surface area contributed by atoms with Gasteiger partial charge in [-0.15, -0.1) is 0 Å². The van der Waals surface area contributed by atoms with E-state index in [0.29, 0.717) is 30.1 Å². The van der Waals surface area contributed by atoms with Crippen LogP contribution < -0.4 is 0 Å². The molecule has 0 N–H and O–H groups in total. The van der Waals surface area contributed by atoms with Gasteiger partial charge in [0.05, 0.1) is 31.5 Å². The first kappa shape index (κ1) is 15.7. The molecule has 4 heteroatoms. The highest BCUT2D eigenvalue weighted by atomic mass is 16.7. The maximum atomic E-state index is 6.04. The van der Waals surface area contributed by atoms with Crippen LogP contribution >= 0.6 is 0 Å². The molecule has 2 heterocycles. The van der Waals surface area contributed by atoms with Gasteiger partial charge >= 0.3 is 0 Å². The summed E-state index contributed by atoms with van der Waals surface area (Å²) in [6.07, 6.45) is 7.27. The minimum absolute atomic E-state index is 0.366. The third kappa shape index (κ3) is 4.65. The summed E-state index contributed by atoms with van der Waals surface area (Å²) in [7, 11) is 0. The van der Waals surface area contributed by atoms with Gasteiger partial charge < -0.3 is 18.9 Å². The lowest BCUT2D eigenvalue weighted by Crippen LogP contribution is -2.35. The number of hydrogen-bond acceptors (Lipinski definition) is 4. The molecule has 3 fully saturated rings.